The van der Waals surface area contributed by atoms with Crippen molar-refractivity contribution in [2.75, 3.05) is 6.54 Å². The normalized spacial score (nSPS) is 17.3. The van der Waals surface area contributed by atoms with Crippen LogP contribution in [0.1, 0.15) is 30.0 Å². The maximum atomic E-state index is 13.0. The molecule has 3 nitrogen and oxygen atoms in total. The minimum atomic E-state index is -0.295. The highest BCUT2D eigenvalue weighted by atomic mass is 19.1. The van der Waals surface area contributed by atoms with E-state index in [9.17, 15) is 13.6 Å². The third-order valence-corrected chi connectivity index (χ3v) is 4.13. The van der Waals surface area contributed by atoms with E-state index in [-0.39, 0.29) is 23.7 Å². The van der Waals surface area contributed by atoms with Crippen LogP contribution in [0.3, 0.4) is 0 Å². The molecule has 1 aliphatic heterocycles. The quantitative estimate of drug-likeness (QED) is 0.911. The van der Waals surface area contributed by atoms with E-state index in [0.717, 1.165) is 24.0 Å². The maximum absolute atomic E-state index is 13.0. The van der Waals surface area contributed by atoms with E-state index < -0.39 is 0 Å². The average Bonchev–Trinajstić information content (AvgIpc) is 3.04. The highest BCUT2D eigenvalue weighted by Gasteiger charge is 2.29. The fourth-order valence-corrected chi connectivity index (χ4v) is 2.92. The lowest BCUT2D eigenvalue weighted by atomic mass is 10.0. The standard InChI is InChI=1S/C18H18F2N2O/c19-15-7-3-13(4-8-15)12-21-18(23)22-11-1-2-17(22)14-5-9-16(20)10-6-14/h3-10,17H,1-2,11-12H2,(H,21,23)/t17-/m0/s1. The molecular formula is C18H18F2N2O. The van der Waals surface area contributed by atoms with Gasteiger partial charge >= 0.3 is 6.03 Å². The van der Waals surface area contributed by atoms with Crippen LogP contribution in [-0.2, 0) is 6.54 Å². The number of carbonyl (C=O) groups excluding carboxylic acids is 1. The van der Waals surface area contributed by atoms with Crippen LogP contribution in [0, 0.1) is 11.6 Å². The van der Waals surface area contributed by atoms with Gasteiger partial charge in [0.25, 0.3) is 0 Å². The summed E-state index contributed by atoms with van der Waals surface area (Å²) < 4.78 is 25.9. The predicted molar refractivity (Wildman–Crippen MR) is 83.7 cm³/mol. The van der Waals surface area contributed by atoms with E-state index in [1.54, 1.807) is 29.2 Å². The van der Waals surface area contributed by atoms with Crippen LogP contribution in [0.15, 0.2) is 48.5 Å². The van der Waals surface area contributed by atoms with Crippen molar-refractivity contribution in [3.63, 3.8) is 0 Å². The van der Waals surface area contributed by atoms with Crippen molar-refractivity contribution in [2.24, 2.45) is 0 Å². The molecule has 2 aromatic rings. The van der Waals surface area contributed by atoms with Gasteiger partial charge in [-0.2, -0.15) is 0 Å². The van der Waals surface area contributed by atoms with E-state index in [0.29, 0.717) is 13.1 Å². The van der Waals surface area contributed by atoms with Gasteiger partial charge in [-0.05, 0) is 48.2 Å². The molecule has 0 spiro atoms. The molecule has 1 fully saturated rings. The number of nitrogens with one attached hydrogen (secondary N) is 1. The highest BCUT2D eigenvalue weighted by Crippen LogP contribution is 2.31. The number of amides is 2. The molecule has 1 aliphatic rings. The topological polar surface area (TPSA) is 32.3 Å². The van der Waals surface area contributed by atoms with Crippen molar-refractivity contribution in [3.05, 3.63) is 71.3 Å². The molecule has 1 N–H and O–H groups in total. The van der Waals surface area contributed by atoms with Crippen LogP contribution >= 0.6 is 0 Å². The number of halogens is 2. The van der Waals surface area contributed by atoms with Crippen LogP contribution in [0.4, 0.5) is 13.6 Å². The Labute approximate surface area is 133 Å². The van der Waals surface area contributed by atoms with E-state index in [4.69, 9.17) is 0 Å². The Kier molecular flexibility index (Phi) is 4.55. The largest absolute Gasteiger partial charge is 0.334 e. The van der Waals surface area contributed by atoms with E-state index in [1.165, 1.54) is 24.3 Å². The Morgan fingerprint density at radius 2 is 1.65 bits per heavy atom. The lowest BCUT2D eigenvalue weighted by Gasteiger charge is -2.25. The average molecular weight is 316 g/mol. The van der Waals surface area contributed by atoms with Crippen LogP contribution in [-0.4, -0.2) is 17.5 Å². The molecule has 0 bridgehead atoms. The lowest BCUT2D eigenvalue weighted by Crippen LogP contribution is -2.39. The summed E-state index contributed by atoms with van der Waals surface area (Å²) in [6, 6.07) is 12.2. The summed E-state index contributed by atoms with van der Waals surface area (Å²) in [5.74, 6) is -0.574. The molecule has 0 aliphatic carbocycles. The highest BCUT2D eigenvalue weighted by molar-refractivity contribution is 5.75. The molecule has 1 saturated heterocycles. The van der Waals surface area contributed by atoms with Crippen molar-refractivity contribution < 1.29 is 13.6 Å². The molecule has 2 aromatic carbocycles. The second-order valence-electron chi connectivity index (χ2n) is 5.69. The summed E-state index contributed by atoms with van der Waals surface area (Å²) in [6.07, 6.45) is 1.79. The molecule has 1 heterocycles. The van der Waals surface area contributed by atoms with Gasteiger partial charge in [0.1, 0.15) is 11.6 Å². The van der Waals surface area contributed by atoms with Gasteiger partial charge in [-0.25, -0.2) is 13.6 Å². The Bertz CT molecular complexity index is 670. The first kappa shape index (κ1) is 15.5. The number of benzene rings is 2. The monoisotopic (exact) mass is 316 g/mol. The Hall–Kier alpha value is -2.43. The molecule has 3 rings (SSSR count). The summed E-state index contributed by atoms with van der Waals surface area (Å²) >= 11 is 0. The molecule has 0 radical (unpaired) electrons. The van der Waals surface area contributed by atoms with E-state index >= 15 is 0 Å². The Morgan fingerprint density at radius 1 is 1.04 bits per heavy atom. The number of rotatable bonds is 3. The number of nitrogens with zero attached hydrogens (tertiary/aromatic N) is 1. The fourth-order valence-electron chi connectivity index (χ4n) is 2.92. The zero-order chi connectivity index (χ0) is 16.2. The number of likely N-dealkylation sites (tertiary alicyclic amines) is 1. The number of urea groups is 1. The summed E-state index contributed by atoms with van der Waals surface area (Å²) in [4.78, 5) is 14.2. The second kappa shape index (κ2) is 6.77. The molecular weight excluding hydrogens is 298 g/mol. The van der Waals surface area contributed by atoms with Crippen LogP contribution in [0.25, 0.3) is 0 Å². The second-order valence-corrected chi connectivity index (χ2v) is 5.69. The zero-order valence-corrected chi connectivity index (χ0v) is 12.6. The van der Waals surface area contributed by atoms with Gasteiger partial charge in [-0.1, -0.05) is 24.3 Å². The summed E-state index contributed by atoms with van der Waals surface area (Å²) in [7, 11) is 0. The first-order valence-electron chi connectivity index (χ1n) is 7.68. The lowest BCUT2D eigenvalue weighted by molar-refractivity contribution is 0.192. The Morgan fingerprint density at radius 3 is 2.30 bits per heavy atom. The molecule has 0 aromatic heterocycles. The SMILES string of the molecule is O=C(NCc1ccc(F)cc1)N1CCC[C@H]1c1ccc(F)cc1. The molecule has 2 amide bonds. The van der Waals surface area contributed by atoms with Crippen molar-refractivity contribution in [1.82, 2.24) is 10.2 Å². The third kappa shape index (κ3) is 3.67. The molecule has 0 unspecified atom stereocenters. The van der Waals surface area contributed by atoms with Gasteiger partial charge in [0.2, 0.25) is 0 Å². The van der Waals surface area contributed by atoms with Crippen LogP contribution in [0.2, 0.25) is 0 Å². The third-order valence-electron chi connectivity index (χ3n) is 4.13. The smallest absolute Gasteiger partial charge is 0.318 e. The first-order chi connectivity index (χ1) is 11.1. The van der Waals surface area contributed by atoms with Crippen molar-refractivity contribution in [2.45, 2.75) is 25.4 Å². The van der Waals surface area contributed by atoms with Gasteiger partial charge in [-0.3, -0.25) is 0 Å². The maximum Gasteiger partial charge on any atom is 0.318 e. The summed E-state index contributed by atoms with van der Waals surface area (Å²) in [5.41, 5.74) is 1.79. The summed E-state index contributed by atoms with van der Waals surface area (Å²) in [5, 5.41) is 2.86. The summed E-state index contributed by atoms with van der Waals surface area (Å²) in [6.45, 7) is 1.03. The molecule has 1 atom stereocenters. The molecule has 120 valence electrons. The van der Waals surface area contributed by atoms with Gasteiger partial charge in [-0.15, -0.1) is 0 Å². The molecule has 23 heavy (non-hydrogen) atoms. The van der Waals surface area contributed by atoms with Gasteiger partial charge in [0.15, 0.2) is 0 Å². The van der Waals surface area contributed by atoms with Crippen molar-refractivity contribution in [3.8, 4) is 0 Å². The van der Waals surface area contributed by atoms with Crippen LogP contribution < -0.4 is 5.32 Å². The van der Waals surface area contributed by atoms with E-state index in [1.807, 2.05) is 0 Å². The van der Waals surface area contributed by atoms with Gasteiger partial charge in [0, 0.05) is 13.1 Å². The minimum Gasteiger partial charge on any atom is -0.334 e. The van der Waals surface area contributed by atoms with Crippen LogP contribution in [0.5, 0.6) is 0 Å². The van der Waals surface area contributed by atoms with Crippen molar-refractivity contribution in [1.29, 1.82) is 0 Å². The Balaban J connectivity index is 1.63. The predicted octanol–water partition coefficient (Wildman–Crippen LogP) is 4.01. The van der Waals surface area contributed by atoms with Gasteiger partial charge in [0.05, 0.1) is 6.04 Å². The van der Waals surface area contributed by atoms with Gasteiger partial charge < -0.3 is 10.2 Å². The molecule has 0 saturated carbocycles. The number of hydrogen-bond donors (Lipinski definition) is 1. The fraction of sp³-hybridized carbons (Fsp3) is 0.278. The zero-order valence-electron chi connectivity index (χ0n) is 12.6. The number of hydrogen-bond acceptors (Lipinski definition) is 1. The minimum absolute atomic E-state index is 0.0242. The van der Waals surface area contributed by atoms with Crippen molar-refractivity contribution >= 4 is 6.03 Å². The number of carbonyl (C=O) groups is 1. The molecule has 5 heteroatoms. The first-order valence-corrected chi connectivity index (χ1v) is 7.68. The van der Waals surface area contributed by atoms with E-state index in [2.05, 4.69) is 5.32 Å².